The van der Waals surface area contributed by atoms with Crippen molar-refractivity contribution < 1.29 is 0 Å². The third-order valence-corrected chi connectivity index (χ3v) is 3.32. The molecule has 0 saturated heterocycles. The molecule has 1 aromatic carbocycles. The van der Waals surface area contributed by atoms with Crippen LogP contribution in [0.15, 0.2) is 24.3 Å². The molecule has 0 atom stereocenters. The summed E-state index contributed by atoms with van der Waals surface area (Å²) in [5.41, 5.74) is 2.35. The Hall–Kier alpha value is -0.930. The summed E-state index contributed by atoms with van der Waals surface area (Å²) in [5.74, 6) is 0.434. The van der Waals surface area contributed by atoms with E-state index in [1.54, 1.807) is 11.3 Å². The second kappa shape index (κ2) is 4.07. The van der Waals surface area contributed by atoms with Gasteiger partial charge in [0.2, 0.25) is 0 Å². The molecular formula is C10H9ClN2S. The van der Waals surface area contributed by atoms with Gasteiger partial charge >= 0.3 is 0 Å². The minimum atomic E-state index is 0.434. The summed E-state index contributed by atoms with van der Waals surface area (Å²) in [7, 11) is 0. The van der Waals surface area contributed by atoms with Crippen LogP contribution in [-0.4, -0.2) is 10.2 Å². The first-order valence-corrected chi connectivity index (χ1v) is 5.60. The molecule has 0 unspecified atom stereocenters. The van der Waals surface area contributed by atoms with Gasteiger partial charge in [0, 0.05) is 5.56 Å². The predicted octanol–water partition coefficient (Wildman–Crippen LogP) is 3.25. The van der Waals surface area contributed by atoms with Gasteiger partial charge in [-0.05, 0) is 12.5 Å². The molecule has 0 radical (unpaired) electrons. The standard InChI is InChI=1S/C10H9ClN2S/c1-7-4-2-3-5-8(7)10-13-12-9(6-11)14-10/h2-5H,6H2,1H3. The number of benzene rings is 1. The van der Waals surface area contributed by atoms with Crippen LogP contribution in [0.5, 0.6) is 0 Å². The van der Waals surface area contributed by atoms with Crippen molar-refractivity contribution in [2.24, 2.45) is 0 Å². The van der Waals surface area contributed by atoms with Gasteiger partial charge in [-0.15, -0.1) is 21.8 Å². The third-order valence-electron chi connectivity index (χ3n) is 1.96. The first kappa shape index (κ1) is 9.62. The van der Waals surface area contributed by atoms with Gasteiger partial charge in [0.15, 0.2) is 0 Å². The van der Waals surface area contributed by atoms with Crippen molar-refractivity contribution in [2.45, 2.75) is 12.8 Å². The summed E-state index contributed by atoms with van der Waals surface area (Å²) < 4.78 is 0. The number of nitrogens with zero attached hydrogens (tertiary/aromatic N) is 2. The molecule has 0 aliphatic carbocycles. The SMILES string of the molecule is Cc1ccccc1-c1nnc(CCl)s1. The Bertz CT molecular complexity index is 439. The topological polar surface area (TPSA) is 25.8 Å². The highest BCUT2D eigenvalue weighted by Gasteiger charge is 2.07. The quantitative estimate of drug-likeness (QED) is 0.732. The highest BCUT2D eigenvalue weighted by atomic mass is 35.5. The number of halogens is 1. The lowest BCUT2D eigenvalue weighted by atomic mass is 10.1. The Morgan fingerprint density at radius 2 is 2.07 bits per heavy atom. The molecule has 0 saturated carbocycles. The highest BCUT2D eigenvalue weighted by molar-refractivity contribution is 7.14. The van der Waals surface area contributed by atoms with E-state index >= 15 is 0 Å². The number of hydrogen-bond acceptors (Lipinski definition) is 3. The molecule has 0 fully saturated rings. The fraction of sp³-hybridized carbons (Fsp3) is 0.200. The summed E-state index contributed by atoms with van der Waals surface area (Å²) in [6.07, 6.45) is 0. The number of rotatable bonds is 2. The molecule has 0 N–H and O–H groups in total. The Balaban J connectivity index is 2.44. The first-order valence-electron chi connectivity index (χ1n) is 4.25. The Labute approximate surface area is 91.6 Å². The maximum atomic E-state index is 5.68. The molecule has 1 heterocycles. The van der Waals surface area contributed by atoms with E-state index in [9.17, 15) is 0 Å². The molecule has 0 aliphatic heterocycles. The van der Waals surface area contributed by atoms with E-state index in [-0.39, 0.29) is 0 Å². The lowest BCUT2D eigenvalue weighted by Crippen LogP contribution is -1.81. The number of aryl methyl sites for hydroxylation is 1. The second-order valence-corrected chi connectivity index (χ2v) is 4.28. The monoisotopic (exact) mass is 224 g/mol. The van der Waals surface area contributed by atoms with E-state index < -0.39 is 0 Å². The number of aromatic nitrogens is 2. The van der Waals surface area contributed by atoms with Crippen LogP contribution in [0.25, 0.3) is 10.6 Å². The van der Waals surface area contributed by atoms with Crippen LogP contribution in [0.4, 0.5) is 0 Å². The van der Waals surface area contributed by atoms with Crippen LogP contribution in [0, 0.1) is 6.92 Å². The minimum absolute atomic E-state index is 0.434. The van der Waals surface area contributed by atoms with Crippen molar-refractivity contribution in [3.8, 4) is 10.6 Å². The van der Waals surface area contributed by atoms with Crippen molar-refractivity contribution in [1.82, 2.24) is 10.2 Å². The van der Waals surface area contributed by atoms with Crippen molar-refractivity contribution in [1.29, 1.82) is 0 Å². The average Bonchev–Trinajstić information content (AvgIpc) is 2.67. The molecule has 1 aromatic heterocycles. The van der Waals surface area contributed by atoms with Gasteiger partial charge in [-0.3, -0.25) is 0 Å². The minimum Gasteiger partial charge on any atom is -0.142 e. The molecule has 0 amide bonds. The van der Waals surface area contributed by atoms with E-state index in [0.717, 1.165) is 15.6 Å². The van der Waals surface area contributed by atoms with Crippen LogP contribution in [0.2, 0.25) is 0 Å². The third kappa shape index (κ3) is 1.79. The molecule has 0 spiro atoms. The molecule has 2 rings (SSSR count). The van der Waals surface area contributed by atoms with Gasteiger partial charge in [0.1, 0.15) is 10.0 Å². The van der Waals surface area contributed by atoms with Crippen molar-refractivity contribution >= 4 is 22.9 Å². The zero-order chi connectivity index (χ0) is 9.97. The largest absolute Gasteiger partial charge is 0.148 e. The fourth-order valence-corrected chi connectivity index (χ4v) is 2.23. The highest BCUT2D eigenvalue weighted by Crippen LogP contribution is 2.26. The van der Waals surface area contributed by atoms with Crippen molar-refractivity contribution in [3.63, 3.8) is 0 Å². The average molecular weight is 225 g/mol. The van der Waals surface area contributed by atoms with Crippen molar-refractivity contribution in [3.05, 3.63) is 34.8 Å². The van der Waals surface area contributed by atoms with Gasteiger partial charge < -0.3 is 0 Å². The smallest absolute Gasteiger partial charge is 0.142 e. The zero-order valence-corrected chi connectivity index (χ0v) is 9.27. The lowest BCUT2D eigenvalue weighted by Gasteiger charge is -1.98. The molecule has 2 nitrogen and oxygen atoms in total. The normalized spacial score (nSPS) is 10.4. The van der Waals surface area contributed by atoms with E-state index in [0.29, 0.717) is 5.88 Å². The van der Waals surface area contributed by atoms with Gasteiger partial charge in [0.25, 0.3) is 0 Å². The number of alkyl halides is 1. The van der Waals surface area contributed by atoms with E-state index in [2.05, 4.69) is 23.2 Å². The Morgan fingerprint density at radius 3 is 2.71 bits per heavy atom. The zero-order valence-electron chi connectivity index (χ0n) is 7.70. The van der Waals surface area contributed by atoms with Crippen LogP contribution >= 0.6 is 22.9 Å². The lowest BCUT2D eigenvalue weighted by molar-refractivity contribution is 1.04. The molecule has 0 aliphatic rings. The van der Waals surface area contributed by atoms with E-state index in [1.165, 1.54) is 5.56 Å². The van der Waals surface area contributed by atoms with E-state index in [1.807, 2.05) is 18.2 Å². The van der Waals surface area contributed by atoms with Crippen LogP contribution in [-0.2, 0) is 5.88 Å². The summed E-state index contributed by atoms with van der Waals surface area (Å²) >= 11 is 7.22. The van der Waals surface area contributed by atoms with Gasteiger partial charge in [-0.2, -0.15) is 0 Å². The fourth-order valence-electron chi connectivity index (χ4n) is 1.23. The van der Waals surface area contributed by atoms with Crippen LogP contribution in [0.1, 0.15) is 10.6 Å². The van der Waals surface area contributed by atoms with Crippen LogP contribution in [0.3, 0.4) is 0 Å². The van der Waals surface area contributed by atoms with Crippen molar-refractivity contribution in [2.75, 3.05) is 0 Å². The molecule has 14 heavy (non-hydrogen) atoms. The van der Waals surface area contributed by atoms with E-state index in [4.69, 9.17) is 11.6 Å². The molecular weight excluding hydrogens is 216 g/mol. The summed E-state index contributed by atoms with van der Waals surface area (Å²) in [6.45, 7) is 2.07. The Morgan fingerprint density at radius 1 is 1.29 bits per heavy atom. The molecule has 4 heteroatoms. The van der Waals surface area contributed by atoms with Crippen LogP contribution < -0.4 is 0 Å². The maximum absolute atomic E-state index is 5.68. The van der Waals surface area contributed by atoms with Gasteiger partial charge in [0.05, 0.1) is 5.88 Å². The Kier molecular flexibility index (Phi) is 2.79. The summed E-state index contributed by atoms with van der Waals surface area (Å²) in [5, 5.41) is 9.90. The predicted molar refractivity (Wildman–Crippen MR) is 59.6 cm³/mol. The molecule has 0 bridgehead atoms. The van der Waals surface area contributed by atoms with Gasteiger partial charge in [-0.1, -0.05) is 35.6 Å². The summed E-state index contributed by atoms with van der Waals surface area (Å²) in [4.78, 5) is 0. The van der Waals surface area contributed by atoms with Gasteiger partial charge in [-0.25, -0.2) is 0 Å². The first-order chi connectivity index (χ1) is 6.81. The number of hydrogen-bond donors (Lipinski definition) is 0. The summed E-state index contributed by atoms with van der Waals surface area (Å²) in [6, 6.07) is 8.14. The second-order valence-electron chi connectivity index (χ2n) is 2.95. The molecule has 72 valence electrons. The molecule has 2 aromatic rings. The maximum Gasteiger partial charge on any atom is 0.148 e.